The molecule has 2 aromatic carbocycles. The molecule has 0 aromatic heterocycles. The summed E-state index contributed by atoms with van der Waals surface area (Å²) in [7, 11) is 1.27. The van der Waals surface area contributed by atoms with Gasteiger partial charge in [-0.1, -0.05) is 29.8 Å². The minimum Gasteiger partial charge on any atom is -0.465 e. The van der Waals surface area contributed by atoms with Crippen LogP contribution in [-0.4, -0.2) is 24.9 Å². The van der Waals surface area contributed by atoms with Crippen molar-refractivity contribution < 1.29 is 19.1 Å². The van der Waals surface area contributed by atoms with Gasteiger partial charge in [0, 0.05) is 5.69 Å². The Morgan fingerprint density at radius 1 is 0.962 bits per heavy atom. The second-order valence-corrected chi connectivity index (χ2v) is 6.49. The summed E-state index contributed by atoms with van der Waals surface area (Å²) in [6.07, 6.45) is 0. The highest BCUT2D eigenvalue weighted by Crippen LogP contribution is 2.25. The van der Waals surface area contributed by atoms with Crippen molar-refractivity contribution in [3.63, 3.8) is 0 Å². The van der Waals surface area contributed by atoms with E-state index in [4.69, 9.17) is 11.6 Å². The SMILES string of the molecule is COC(=O)c1cccc(NC(=O)C(C)(C)C(=O)Nc2ccccc2Cl)c1. The maximum Gasteiger partial charge on any atom is 0.337 e. The summed E-state index contributed by atoms with van der Waals surface area (Å²) >= 11 is 6.03. The smallest absolute Gasteiger partial charge is 0.337 e. The fourth-order valence-corrected chi connectivity index (χ4v) is 2.26. The fourth-order valence-electron chi connectivity index (χ4n) is 2.07. The molecule has 2 aromatic rings. The molecule has 0 heterocycles. The van der Waals surface area contributed by atoms with E-state index in [1.54, 1.807) is 42.5 Å². The van der Waals surface area contributed by atoms with Gasteiger partial charge in [-0.2, -0.15) is 0 Å². The van der Waals surface area contributed by atoms with Gasteiger partial charge < -0.3 is 15.4 Å². The van der Waals surface area contributed by atoms with Crippen LogP contribution < -0.4 is 10.6 Å². The highest BCUT2D eigenvalue weighted by atomic mass is 35.5. The number of rotatable bonds is 5. The second kappa shape index (κ2) is 8.01. The number of hydrogen-bond acceptors (Lipinski definition) is 4. The van der Waals surface area contributed by atoms with Crippen molar-refractivity contribution in [1.29, 1.82) is 0 Å². The predicted molar refractivity (Wildman–Crippen MR) is 100 cm³/mol. The number of anilines is 2. The Kier molecular flexibility index (Phi) is 6.00. The third kappa shape index (κ3) is 4.40. The van der Waals surface area contributed by atoms with Crippen molar-refractivity contribution in [3.05, 3.63) is 59.1 Å². The van der Waals surface area contributed by atoms with Crippen LogP contribution in [0.4, 0.5) is 11.4 Å². The molecule has 0 aliphatic carbocycles. The number of ether oxygens (including phenoxy) is 1. The number of halogens is 1. The van der Waals surface area contributed by atoms with Gasteiger partial charge in [-0.15, -0.1) is 0 Å². The molecule has 0 aliphatic rings. The molecule has 0 bridgehead atoms. The lowest BCUT2D eigenvalue weighted by Crippen LogP contribution is -2.41. The highest BCUT2D eigenvalue weighted by molar-refractivity contribution is 6.34. The topological polar surface area (TPSA) is 84.5 Å². The van der Waals surface area contributed by atoms with Crippen LogP contribution in [0.2, 0.25) is 5.02 Å². The Morgan fingerprint density at radius 2 is 1.62 bits per heavy atom. The minimum atomic E-state index is -1.37. The molecule has 0 radical (unpaired) electrons. The monoisotopic (exact) mass is 374 g/mol. The lowest BCUT2D eigenvalue weighted by molar-refractivity contribution is -0.135. The summed E-state index contributed by atoms with van der Waals surface area (Å²) in [5.74, 6) is -1.55. The zero-order chi connectivity index (χ0) is 19.3. The summed E-state index contributed by atoms with van der Waals surface area (Å²) in [5.41, 5.74) is -0.270. The molecule has 0 atom stereocenters. The first-order valence-electron chi connectivity index (χ1n) is 7.81. The minimum absolute atomic E-state index is 0.295. The molecule has 136 valence electrons. The molecule has 0 saturated heterocycles. The van der Waals surface area contributed by atoms with Crippen molar-refractivity contribution in [3.8, 4) is 0 Å². The van der Waals surface area contributed by atoms with E-state index in [0.717, 1.165) is 0 Å². The molecule has 0 saturated carbocycles. The van der Waals surface area contributed by atoms with Gasteiger partial charge in [0.1, 0.15) is 5.41 Å². The normalized spacial score (nSPS) is 10.8. The maximum atomic E-state index is 12.6. The number of methoxy groups -OCH3 is 1. The largest absolute Gasteiger partial charge is 0.465 e. The summed E-state index contributed by atoms with van der Waals surface area (Å²) < 4.78 is 4.65. The number of carbonyl (C=O) groups excluding carboxylic acids is 3. The van der Waals surface area contributed by atoms with Crippen LogP contribution in [0.15, 0.2) is 48.5 Å². The van der Waals surface area contributed by atoms with E-state index in [-0.39, 0.29) is 0 Å². The molecule has 0 aliphatic heterocycles. The predicted octanol–water partition coefficient (Wildman–Crippen LogP) is 3.73. The van der Waals surface area contributed by atoms with E-state index < -0.39 is 23.2 Å². The van der Waals surface area contributed by atoms with Gasteiger partial charge in [-0.3, -0.25) is 9.59 Å². The molecule has 2 amide bonds. The van der Waals surface area contributed by atoms with E-state index in [2.05, 4.69) is 15.4 Å². The summed E-state index contributed by atoms with van der Waals surface area (Å²) in [6, 6.07) is 13.0. The first-order chi connectivity index (χ1) is 12.3. The number of amides is 2. The fraction of sp³-hybridized carbons (Fsp3) is 0.211. The van der Waals surface area contributed by atoms with Gasteiger partial charge in [0.2, 0.25) is 11.8 Å². The quantitative estimate of drug-likeness (QED) is 0.617. The van der Waals surface area contributed by atoms with Crippen molar-refractivity contribution in [2.75, 3.05) is 17.7 Å². The zero-order valence-corrected chi connectivity index (χ0v) is 15.4. The molecule has 0 fully saturated rings. The van der Waals surface area contributed by atoms with Crippen LogP contribution in [0, 0.1) is 5.41 Å². The number of benzene rings is 2. The first-order valence-corrected chi connectivity index (χ1v) is 8.19. The van der Waals surface area contributed by atoms with Crippen molar-refractivity contribution in [2.24, 2.45) is 5.41 Å². The van der Waals surface area contributed by atoms with E-state index in [1.165, 1.54) is 27.0 Å². The molecule has 0 unspecified atom stereocenters. The number of nitrogens with one attached hydrogen (secondary N) is 2. The van der Waals surface area contributed by atoms with E-state index >= 15 is 0 Å². The van der Waals surface area contributed by atoms with E-state index in [0.29, 0.717) is 22.0 Å². The van der Waals surface area contributed by atoms with Crippen molar-refractivity contribution in [1.82, 2.24) is 0 Å². The first kappa shape index (κ1) is 19.5. The van der Waals surface area contributed by atoms with Gasteiger partial charge in [0.25, 0.3) is 0 Å². The Hall–Kier alpha value is -2.86. The Labute approximate surface area is 156 Å². The second-order valence-electron chi connectivity index (χ2n) is 6.09. The van der Waals surface area contributed by atoms with Crippen LogP contribution in [-0.2, 0) is 14.3 Å². The average Bonchev–Trinajstić information content (AvgIpc) is 2.63. The Bertz CT molecular complexity index is 849. The molecule has 0 spiro atoms. The zero-order valence-electron chi connectivity index (χ0n) is 14.6. The molecule has 2 N–H and O–H groups in total. The Morgan fingerprint density at radius 3 is 2.27 bits per heavy atom. The Balaban J connectivity index is 2.13. The molecule has 6 nitrogen and oxygen atoms in total. The van der Waals surface area contributed by atoms with Gasteiger partial charge in [0.05, 0.1) is 23.4 Å². The third-order valence-corrected chi connectivity index (χ3v) is 4.13. The summed E-state index contributed by atoms with van der Waals surface area (Å²) in [6.45, 7) is 3.00. The van der Waals surface area contributed by atoms with E-state index in [1.807, 2.05) is 0 Å². The summed E-state index contributed by atoms with van der Waals surface area (Å²) in [4.78, 5) is 36.7. The van der Waals surface area contributed by atoms with Crippen LogP contribution in [0.3, 0.4) is 0 Å². The maximum absolute atomic E-state index is 12.6. The van der Waals surface area contributed by atoms with Crippen LogP contribution >= 0.6 is 11.6 Å². The van der Waals surface area contributed by atoms with Gasteiger partial charge in [-0.05, 0) is 44.2 Å². The van der Waals surface area contributed by atoms with Crippen LogP contribution in [0.5, 0.6) is 0 Å². The number of carbonyl (C=O) groups is 3. The van der Waals surface area contributed by atoms with Crippen LogP contribution in [0.1, 0.15) is 24.2 Å². The van der Waals surface area contributed by atoms with Gasteiger partial charge in [-0.25, -0.2) is 4.79 Å². The van der Waals surface area contributed by atoms with E-state index in [9.17, 15) is 14.4 Å². The average molecular weight is 375 g/mol. The molecular weight excluding hydrogens is 356 g/mol. The third-order valence-electron chi connectivity index (χ3n) is 3.80. The number of para-hydroxylation sites is 1. The van der Waals surface area contributed by atoms with Crippen molar-refractivity contribution in [2.45, 2.75) is 13.8 Å². The molecule has 26 heavy (non-hydrogen) atoms. The number of hydrogen-bond donors (Lipinski definition) is 2. The van der Waals surface area contributed by atoms with Gasteiger partial charge in [0.15, 0.2) is 0 Å². The lowest BCUT2D eigenvalue weighted by atomic mass is 9.90. The lowest BCUT2D eigenvalue weighted by Gasteiger charge is -2.23. The summed E-state index contributed by atoms with van der Waals surface area (Å²) in [5, 5.41) is 5.67. The molecule has 7 heteroatoms. The number of esters is 1. The van der Waals surface area contributed by atoms with Gasteiger partial charge >= 0.3 is 5.97 Å². The molecule has 2 rings (SSSR count). The van der Waals surface area contributed by atoms with Crippen LogP contribution in [0.25, 0.3) is 0 Å². The molecular formula is C19H19ClN2O4. The van der Waals surface area contributed by atoms with Crippen molar-refractivity contribution >= 4 is 40.8 Å². The standard InChI is InChI=1S/C19H19ClN2O4/c1-19(2,18(25)22-15-10-5-4-9-14(15)20)17(24)21-13-8-6-7-12(11-13)16(23)26-3/h4-11H,1-3H3,(H,21,24)(H,22,25). The highest BCUT2D eigenvalue weighted by Gasteiger charge is 2.36.